The van der Waals surface area contributed by atoms with E-state index in [0.29, 0.717) is 11.3 Å². The second-order valence-corrected chi connectivity index (χ2v) is 4.69. The standard InChI is InChI=1S/C17H14N2O/c1-12-6-2-4-8-15(12)17(20)19-14-10-13-7-3-5-9-16(13)18-11-14/h2-11H,1H3,(H,19,20). The van der Waals surface area contributed by atoms with Crippen LogP contribution in [0.25, 0.3) is 10.9 Å². The van der Waals surface area contributed by atoms with Crippen LogP contribution in [0.3, 0.4) is 0 Å². The van der Waals surface area contributed by atoms with E-state index in [1.807, 2.05) is 61.5 Å². The van der Waals surface area contributed by atoms with Gasteiger partial charge in [-0.3, -0.25) is 9.78 Å². The molecule has 0 aliphatic carbocycles. The van der Waals surface area contributed by atoms with Gasteiger partial charge in [-0.2, -0.15) is 0 Å². The minimum atomic E-state index is -0.111. The van der Waals surface area contributed by atoms with E-state index in [-0.39, 0.29) is 5.91 Å². The molecule has 0 unspecified atom stereocenters. The number of fused-ring (bicyclic) bond motifs is 1. The van der Waals surface area contributed by atoms with Gasteiger partial charge in [-0.15, -0.1) is 0 Å². The van der Waals surface area contributed by atoms with Crippen LogP contribution in [0.5, 0.6) is 0 Å². The maximum Gasteiger partial charge on any atom is 0.255 e. The summed E-state index contributed by atoms with van der Waals surface area (Å²) in [6.45, 7) is 1.92. The van der Waals surface area contributed by atoms with Crippen molar-refractivity contribution in [1.82, 2.24) is 4.98 Å². The van der Waals surface area contributed by atoms with E-state index in [9.17, 15) is 4.79 Å². The van der Waals surface area contributed by atoms with E-state index in [1.54, 1.807) is 6.20 Å². The fourth-order valence-electron chi connectivity index (χ4n) is 2.17. The molecule has 0 saturated heterocycles. The lowest BCUT2D eigenvalue weighted by atomic mass is 10.1. The maximum atomic E-state index is 12.2. The first-order valence-corrected chi connectivity index (χ1v) is 6.46. The Hall–Kier alpha value is -2.68. The summed E-state index contributed by atoms with van der Waals surface area (Å²) < 4.78 is 0. The number of pyridine rings is 1. The summed E-state index contributed by atoms with van der Waals surface area (Å²) in [5.41, 5.74) is 3.26. The second kappa shape index (κ2) is 5.13. The molecule has 1 N–H and O–H groups in total. The summed E-state index contributed by atoms with van der Waals surface area (Å²) in [5.74, 6) is -0.111. The molecule has 3 heteroatoms. The summed E-state index contributed by atoms with van der Waals surface area (Å²) in [5, 5.41) is 3.90. The summed E-state index contributed by atoms with van der Waals surface area (Å²) in [6, 6.07) is 17.3. The maximum absolute atomic E-state index is 12.2. The molecule has 3 nitrogen and oxygen atoms in total. The predicted octanol–water partition coefficient (Wildman–Crippen LogP) is 3.80. The van der Waals surface area contributed by atoms with Crippen molar-refractivity contribution in [2.45, 2.75) is 6.92 Å². The SMILES string of the molecule is Cc1ccccc1C(=O)Nc1cnc2ccccc2c1. The number of amides is 1. The summed E-state index contributed by atoms with van der Waals surface area (Å²) in [7, 11) is 0. The van der Waals surface area contributed by atoms with Gasteiger partial charge in [-0.1, -0.05) is 36.4 Å². The normalized spacial score (nSPS) is 10.4. The Kier molecular flexibility index (Phi) is 3.17. The van der Waals surface area contributed by atoms with Crippen molar-refractivity contribution in [3.63, 3.8) is 0 Å². The lowest BCUT2D eigenvalue weighted by Gasteiger charge is -2.08. The van der Waals surface area contributed by atoms with Crippen LogP contribution < -0.4 is 5.32 Å². The van der Waals surface area contributed by atoms with Gasteiger partial charge >= 0.3 is 0 Å². The number of hydrogen-bond donors (Lipinski definition) is 1. The topological polar surface area (TPSA) is 42.0 Å². The predicted molar refractivity (Wildman–Crippen MR) is 80.9 cm³/mol. The number of para-hydroxylation sites is 1. The molecule has 1 amide bonds. The Morgan fingerprint density at radius 3 is 2.65 bits per heavy atom. The van der Waals surface area contributed by atoms with E-state index in [1.165, 1.54) is 0 Å². The van der Waals surface area contributed by atoms with Crippen LogP contribution in [0.15, 0.2) is 60.8 Å². The Labute approximate surface area is 117 Å². The van der Waals surface area contributed by atoms with Gasteiger partial charge in [0.05, 0.1) is 17.4 Å². The van der Waals surface area contributed by atoms with Crippen LogP contribution in [0.2, 0.25) is 0 Å². The lowest BCUT2D eigenvalue weighted by molar-refractivity contribution is 0.102. The van der Waals surface area contributed by atoms with Crippen molar-refractivity contribution in [3.8, 4) is 0 Å². The highest BCUT2D eigenvalue weighted by molar-refractivity contribution is 6.05. The second-order valence-electron chi connectivity index (χ2n) is 4.69. The average Bonchev–Trinajstić information content (AvgIpc) is 2.47. The molecular formula is C17H14N2O. The molecule has 98 valence electrons. The number of nitrogens with one attached hydrogen (secondary N) is 1. The molecule has 3 aromatic rings. The summed E-state index contributed by atoms with van der Waals surface area (Å²) >= 11 is 0. The number of benzene rings is 2. The first-order chi connectivity index (χ1) is 9.74. The molecule has 0 saturated carbocycles. The lowest BCUT2D eigenvalue weighted by Crippen LogP contribution is -2.13. The average molecular weight is 262 g/mol. The minimum absolute atomic E-state index is 0.111. The van der Waals surface area contributed by atoms with Crippen molar-refractivity contribution < 1.29 is 4.79 Å². The number of aryl methyl sites for hydroxylation is 1. The van der Waals surface area contributed by atoms with E-state index >= 15 is 0 Å². The fourth-order valence-corrected chi connectivity index (χ4v) is 2.17. The third-order valence-corrected chi connectivity index (χ3v) is 3.24. The van der Waals surface area contributed by atoms with Crippen LogP contribution in [-0.2, 0) is 0 Å². The third-order valence-electron chi connectivity index (χ3n) is 3.24. The monoisotopic (exact) mass is 262 g/mol. The van der Waals surface area contributed by atoms with Crippen LogP contribution >= 0.6 is 0 Å². The van der Waals surface area contributed by atoms with Crippen LogP contribution in [0.1, 0.15) is 15.9 Å². The molecule has 0 spiro atoms. The van der Waals surface area contributed by atoms with Crippen molar-refractivity contribution in [2.75, 3.05) is 5.32 Å². The van der Waals surface area contributed by atoms with Crippen LogP contribution in [-0.4, -0.2) is 10.9 Å². The number of hydrogen-bond acceptors (Lipinski definition) is 2. The fraction of sp³-hybridized carbons (Fsp3) is 0.0588. The van der Waals surface area contributed by atoms with Crippen molar-refractivity contribution in [3.05, 3.63) is 71.9 Å². The molecule has 0 aliphatic rings. The summed E-state index contributed by atoms with van der Waals surface area (Å²) in [4.78, 5) is 16.6. The van der Waals surface area contributed by atoms with Crippen LogP contribution in [0.4, 0.5) is 5.69 Å². The molecule has 0 atom stereocenters. The van der Waals surface area contributed by atoms with E-state index in [2.05, 4.69) is 10.3 Å². The molecular weight excluding hydrogens is 248 g/mol. The molecule has 0 radical (unpaired) electrons. The van der Waals surface area contributed by atoms with E-state index in [4.69, 9.17) is 0 Å². The highest BCUT2D eigenvalue weighted by atomic mass is 16.1. The van der Waals surface area contributed by atoms with Crippen molar-refractivity contribution in [2.24, 2.45) is 0 Å². The number of anilines is 1. The third kappa shape index (κ3) is 2.38. The zero-order valence-electron chi connectivity index (χ0n) is 11.1. The molecule has 3 rings (SSSR count). The molecule has 1 heterocycles. The quantitative estimate of drug-likeness (QED) is 0.763. The number of aromatic nitrogens is 1. The smallest absolute Gasteiger partial charge is 0.255 e. The molecule has 0 fully saturated rings. The summed E-state index contributed by atoms with van der Waals surface area (Å²) in [6.07, 6.45) is 1.68. The van der Waals surface area contributed by atoms with Crippen molar-refractivity contribution in [1.29, 1.82) is 0 Å². The first-order valence-electron chi connectivity index (χ1n) is 6.46. The Morgan fingerprint density at radius 1 is 1.05 bits per heavy atom. The van der Waals surface area contributed by atoms with Gasteiger partial charge in [-0.05, 0) is 30.7 Å². The van der Waals surface area contributed by atoms with Gasteiger partial charge in [0.15, 0.2) is 0 Å². The first kappa shape index (κ1) is 12.4. The number of rotatable bonds is 2. The number of carbonyl (C=O) groups is 1. The zero-order chi connectivity index (χ0) is 13.9. The Balaban J connectivity index is 1.89. The molecule has 1 aromatic heterocycles. The largest absolute Gasteiger partial charge is 0.321 e. The molecule has 2 aromatic carbocycles. The number of nitrogens with zero attached hydrogens (tertiary/aromatic N) is 1. The van der Waals surface area contributed by atoms with Crippen LogP contribution in [0, 0.1) is 6.92 Å². The van der Waals surface area contributed by atoms with E-state index < -0.39 is 0 Å². The Bertz CT molecular complexity index is 781. The van der Waals surface area contributed by atoms with E-state index in [0.717, 1.165) is 16.5 Å². The zero-order valence-corrected chi connectivity index (χ0v) is 11.1. The van der Waals surface area contributed by atoms with Gasteiger partial charge in [0.25, 0.3) is 5.91 Å². The van der Waals surface area contributed by atoms with Crippen molar-refractivity contribution >= 4 is 22.5 Å². The number of carbonyl (C=O) groups excluding carboxylic acids is 1. The minimum Gasteiger partial charge on any atom is -0.321 e. The highest BCUT2D eigenvalue weighted by Crippen LogP contribution is 2.17. The van der Waals surface area contributed by atoms with Gasteiger partial charge < -0.3 is 5.32 Å². The molecule has 0 aliphatic heterocycles. The highest BCUT2D eigenvalue weighted by Gasteiger charge is 2.08. The van der Waals surface area contributed by atoms with Gasteiger partial charge in [0.2, 0.25) is 0 Å². The molecule has 20 heavy (non-hydrogen) atoms. The van der Waals surface area contributed by atoms with Gasteiger partial charge in [0, 0.05) is 10.9 Å². The molecule has 0 bridgehead atoms. The van der Waals surface area contributed by atoms with Gasteiger partial charge in [-0.25, -0.2) is 0 Å². The Morgan fingerprint density at radius 2 is 1.80 bits per heavy atom. The van der Waals surface area contributed by atoms with Gasteiger partial charge in [0.1, 0.15) is 0 Å².